The SMILES string of the molecule is C[C@@H](NC(=O)[C@H]1N2C(=O)c3ccccc3[C@H]2SC1(C)C)C(=O)[O-]. The first-order valence-electron chi connectivity index (χ1n) is 7.34. The molecule has 2 aliphatic heterocycles. The number of carboxylic acid groups (broad SMARTS) is 1. The second kappa shape index (κ2) is 5.26. The van der Waals surface area contributed by atoms with E-state index in [0.717, 1.165) is 5.56 Å². The van der Waals surface area contributed by atoms with Crippen LogP contribution < -0.4 is 10.4 Å². The quantitative estimate of drug-likeness (QED) is 0.859. The Morgan fingerprint density at radius 3 is 2.65 bits per heavy atom. The normalized spacial score (nSPS) is 25.7. The minimum atomic E-state index is -1.35. The van der Waals surface area contributed by atoms with E-state index in [0.29, 0.717) is 5.56 Å². The Hall–Kier alpha value is -2.02. The summed E-state index contributed by atoms with van der Waals surface area (Å²) in [5.41, 5.74) is 1.50. The molecule has 3 atom stereocenters. The molecule has 0 saturated carbocycles. The van der Waals surface area contributed by atoms with Gasteiger partial charge in [-0.2, -0.15) is 0 Å². The molecule has 2 amide bonds. The lowest BCUT2D eigenvalue weighted by molar-refractivity contribution is -0.307. The first kappa shape index (κ1) is 15.9. The Kier molecular flexibility index (Phi) is 3.63. The fourth-order valence-corrected chi connectivity index (χ4v) is 4.74. The first-order chi connectivity index (χ1) is 10.7. The van der Waals surface area contributed by atoms with Crippen LogP contribution in [0.25, 0.3) is 0 Å². The lowest BCUT2D eigenvalue weighted by Gasteiger charge is -2.30. The molecule has 2 aliphatic rings. The minimum Gasteiger partial charge on any atom is -0.548 e. The van der Waals surface area contributed by atoms with Gasteiger partial charge < -0.3 is 20.1 Å². The number of benzene rings is 1. The molecule has 1 aromatic rings. The molecular formula is C16H17N2O4S-. The molecule has 6 nitrogen and oxygen atoms in total. The molecule has 7 heteroatoms. The van der Waals surface area contributed by atoms with Crippen LogP contribution in [0, 0.1) is 0 Å². The number of carbonyl (C=O) groups is 3. The van der Waals surface area contributed by atoms with E-state index in [2.05, 4.69) is 5.32 Å². The highest BCUT2D eigenvalue weighted by molar-refractivity contribution is 8.01. The van der Waals surface area contributed by atoms with Crippen molar-refractivity contribution in [1.29, 1.82) is 0 Å². The average molecular weight is 333 g/mol. The monoisotopic (exact) mass is 333 g/mol. The van der Waals surface area contributed by atoms with E-state index in [1.54, 1.807) is 17.0 Å². The second-order valence-corrected chi connectivity index (χ2v) is 8.06. The molecule has 1 aromatic carbocycles. The Morgan fingerprint density at radius 2 is 2.00 bits per heavy atom. The van der Waals surface area contributed by atoms with E-state index in [-0.39, 0.29) is 11.3 Å². The molecule has 3 rings (SSSR count). The molecule has 0 aliphatic carbocycles. The highest BCUT2D eigenvalue weighted by Crippen LogP contribution is 2.56. The van der Waals surface area contributed by atoms with Crippen LogP contribution in [0.3, 0.4) is 0 Å². The molecular weight excluding hydrogens is 316 g/mol. The molecule has 0 radical (unpaired) electrons. The molecule has 0 bridgehead atoms. The van der Waals surface area contributed by atoms with Gasteiger partial charge in [0, 0.05) is 10.3 Å². The smallest absolute Gasteiger partial charge is 0.256 e. The van der Waals surface area contributed by atoms with E-state index in [1.807, 2.05) is 26.0 Å². The van der Waals surface area contributed by atoms with Gasteiger partial charge in [-0.1, -0.05) is 18.2 Å². The van der Waals surface area contributed by atoms with Crippen LogP contribution in [0.1, 0.15) is 42.1 Å². The summed E-state index contributed by atoms with van der Waals surface area (Å²) in [6.07, 6.45) is 0. The zero-order valence-corrected chi connectivity index (χ0v) is 13.8. The number of rotatable bonds is 3. The van der Waals surface area contributed by atoms with Crippen molar-refractivity contribution in [3.05, 3.63) is 35.4 Å². The number of hydrogen-bond acceptors (Lipinski definition) is 5. The summed E-state index contributed by atoms with van der Waals surface area (Å²) in [5, 5.41) is 13.1. The van der Waals surface area contributed by atoms with Gasteiger partial charge in [0.15, 0.2) is 0 Å². The van der Waals surface area contributed by atoms with E-state index >= 15 is 0 Å². The van der Waals surface area contributed by atoms with Gasteiger partial charge in [0.1, 0.15) is 11.4 Å². The van der Waals surface area contributed by atoms with E-state index in [4.69, 9.17) is 0 Å². The van der Waals surface area contributed by atoms with Crippen LogP contribution in [0.2, 0.25) is 0 Å². The number of amides is 2. The Morgan fingerprint density at radius 1 is 1.35 bits per heavy atom. The second-order valence-electron chi connectivity index (χ2n) is 6.33. The average Bonchev–Trinajstić information content (AvgIpc) is 2.90. The van der Waals surface area contributed by atoms with Crippen molar-refractivity contribution in [2.45, 2.75) is 43.0 Å². The van der Waals surface area contributed by atoms with Crippen molar-refractivity contribution in [3.63, 3.8) is 0 Å². The number of thioether (sulfide) groups is 1. The molecule has 1 N–H and O–H groups in total. The van der Waals surface area contributed by atoms with Crippen LogP contribution in [-0.2, 0) is 9.59 Å². The van der Waals surface area contributed by atoms with Crippen LogP contribution in [0.15, 0.2) is 24.3 Å². The molecule has 1 saturated heterocycles. The number of nitrogens with zero attached hydrogens (tertiary/aromatic N) is 1. The Balaban J connectivity index is 1.94. The Labute approximate surface area is 138 Å². The van der Waals surface area contributed by atoms with Gasteiger partial charge in [-0.15, -0.1) is 11.8 Å². The molecule has 1 fully saturated rings. The number of nitrogens with one attached hydrogen (secondary N) is 1. The van der Waals surface area contributed by atoms with Crippen molar-refractivity contribution in [2.75, 3.05) is 0 Å². The maximum absolute atomic E-state index is 12.7. The molecule has 23 heavy (non-hydrogen) atoms. The van der Waals surface area contributed by atoms with Gasteiger partial charge in [0.05, 0.1) is 12.0 Å². The summed E-state index contributed by atoms with van der Waals surface area (Å²) in [5.74, 6) is -2.01. The van der Waals surface area contributed by atoms with Crippen molar-refractivity contribution in [1.82, 2.24) is 10.2 Å². The lowest BCUT2D eigenvalue weighted by atomic mass is 10.0. The molecule has 122 valence electrons. The van der Waals surface area contributed by atoms with Crippen molar-refractivity contribution < 1.29 is 19.5 Å². The summed E-state index contributed by atoms with van der Waals surface area (Å²) in [6.45, 7) is 5.12. The maximum Gasteiger partial charge on any atom is 0.256 e. The topological polar surface area (TPSA) is 89.5 Å². The lowest BCUT2D eigenvalue weighted by Crippen LogP contribution is -2.56. The van der Waals surface area contributed by atoms with Gasteiger partial charge in [-0.3, -0.25) is 9.59 Å². The summed E-state index contributed by atoms with van der Waals surface area (Å²) < 4.78 is -0.524. The number of aliphatic carboxylic acids is 1. The van der Waals surface area contributed by atoms with Gasteiger partial charge >= 0.3 is 0 Å². The molecule has 2 heterocycles. The van der Waals surface area contributed by atoms with Crippen molar-refractivity contribution >= 4 is 29.5 Å². The van der Waals surface area contributed by atoms with Crippen molar-refractivity contribution in [2.24, 2.45) is 0 Å². The summed E-state index contributed by atoms with van der Waals surface area (Å²) in [6, 6.07) is 5.46. The van der Waals surface area contributed by atoms with Gasteiger partial charge in [0.2, 0.25) is 5.91 Å². The van der Waals surface area contributed by atoms with E-state index < -0.39 is 28.7 Å². The number of carboxylic acids is 1. The third-order valence-electron chi connectivity index (χ3n) is 4.26. The number of carbonyl (C=O) groups excluding carboxylic acids is 3. The summed E-state index contributed by atoms with van der Waals surface area (Å²) >= 11 is 1.54. The first-order valence-corrected chi connectivity index (χ1v) is 8.22. The maximum atomic E-state index is 12.7. The summed E-state index contributed by atoms with van der Waals surface area (Å²) in [4.78, 5) is 37.7. The highest BCUT2D eigenvalue weighted by Gasteiger charge is 2.57. The van der Waals surface area contributed by atoms with Crippen LogP contribution in [-0.4, -0.2) is 39.5 Å². The van der Waals surface area contributed by atoms with Crippen LogP contribution in [0.4, 0.5) is 0 Å². The van der Waals surface area contributed by atoms with Crippen molar-refractivity contribution in [3.8, 4) is 0 Å². The number of hydrogen-bond donors (Lipinski definition) is 1. The van der Waals surface area contributed by atoms with Gasteiger partial charge in [-0.25, -0.2) is 0 Å². The minimum absolute atomic E-state index is 0.190. The Bertz CT molecular complexity index is 703. The molecule has 0 aromatic heterocycles. The third kappa shape index (κ3) is 2.39. The standard InChI is InChI=1S/C16H18N2O4S/c1-8(15(21)22)17-12(19)11-16(2,3)23-14-10-7-5-4-6-9(10)13(20)18(11)14/h4-8,11,14H,1-3H3,(H,17,19)(H,21,22)/p-1/t8-,11-,14-/m1/s1. The van der Waals surface area contributed by atoms with Crippen LogP contribution >= 0.6 is 11.8 Å². The largest absolute Gasteiger partial charge is 0.548 e. The third-order valence-corrected chi connectivity index (χ3v) is 5.79. The fraction of sp³-hybridized carbons (Fsp3) is 0.438. The predicted molar refractivity (Wildman–Crippen MR) is 83.4 cm³/mol. The van der Waals surface area contributed by atoms with E-state index in [1.165, 1.54) is 18.7 Å². The van der Waals surface area contributed by atoms with Crippen LogP contribution in [0.5, 0.6) is 0 Å². The molecule has 0 spiro atoms. The zero-order chi connectivity index (χ0) is 16.9. The summed E-state index contributed by atoms with van der Waals surface area (Å²) in [7, 11) is 0. The molecule has 0 unspecified atom stereocenters. The van der Waals surface area contributed by atoms with Gasteiger partial charge in [-0.05, 0) is 32.4 Å². The predicted octanol–water partition coefficient (Wildman–Crippen LogP) is 0.290. The fourth-order valence-electron chi connectivity index (χ4n) is 3.16. The zero-order valence-electron chi connectivity index (χ0n) is 13.0. The van der Waals surface area contributed by atoms with E-state index in [9.17, 15) is 19.5 Å². The van der Waals surface area contributed by atoms with Gasteiger partial charge in [0.25, 0.3) is 5.91 Å². The highest BCUT2D eigenvalue weighted by atomic mass is 32.2. The number of fused-ring (bicyclic) bond motifs is 3.